The molecule has 2 atom stereocenters. The molecule has 2 rings (SSSR count). The van der Waals surface area contributed by atoms with Crippen molar-refractivity contribution in [2.75, 3.05) is 12.3 Å². The van der Waals surface area contributed by atoms with Crippen molar-refractivity contribution in [3.05, 3.63) is 11.1 Å². The van der Waals surface area contributed by atoms with Crippen molar-refractivity contribution in [3.8, 4) is 0 Å². The predicted octanol–water partition coefficient (Wildman–Crippen LogP) is -1.19. The van der Waals surface area contributed by atoms with Crippen LogP contribution in [0, 0.1) is 5.41 Å². The number of rotatable bonds is 8. The van der Waals surface area contributed by atoms with Gasteiger partial charge in [-0.05, 0) is 0 Å². The zero-order valence-corrected chi connectivity index (χ0v) is 16.1. The Labute approximate surface area is 162 Å². The van der Waals surface area contributed by atoms with Crippen molar-refractivity contribution in [2.45, 2.75) is 26.0 Å². The summed E-state index contributed by atoms with van der Waals surface area (Å²) in [4.78, 5) is 43.7. The van der Waals surface area contributed by atoms with Crippen LogP contribution in [0.5, 0.6) is 0 Å². The molecule has 1 unspecified atom stereocenters. The van der Waals surface area contributed by atoms with Crippen LogP contribution in [-0.4, -0.2) is 65.2 Å². The van der Waals surface area contributed by atoms with Crippen LogP contribution >= 0.6 is 11.3 Å². The molecule has 0 radical (unpaired) electrons. The lowest BCUT2D eigenvalue weighted by Gasteiger charge is -2.48. The number of aromatic nitrogens is 1. The Morgan fingerprint density at radius 2 is 2.11 bits per heavy atom. The quantitative estimate of drug-likeness (QED) is 0.216. The molecule has 13 nitrogen and oxygen atoms in total. The minimum absolute atomic E-state index is 0.0132. The topological polar surface area (TPSA) is 208 Å². The normalized spacial score (nSPS) is 21.7. The first kappa shape index (κ1) is 21.7. The molecule has 0 spiro atoms. The number of amides is 1. The third-order valence-corrected chi connectivity index (χ3v) is 4.89. The zero-order chi connectivity index (χ0) is 21.3. The highest BCUT2D eigenvalue weighted by atomic mass is 32.3. The van der Waals surface area contributed by atoms with Crippen LogP contribution in [-0.2, 0) is 33.8 Å². The first-order valence-electron chi connectivity index (χ1n) is 7.46. The average Bonchev–Trinajstić information content (AvgIpc) is 2.98. The Hall–Kier alpha value is -2.62. The van der Waals surface area contributed by atoms with Crippen LogP contribution in [0.15, 0.2) is 10.5 Å². The van der Waals surface area contributed by atoms with Gasteiger partial charge in [-0.25, -0.2) is 14.0 Å². The molecule has 1 heterocycles. The maximum absolute atomic E-state index is 12.6. The molecule has 1 fully saturated rings. The molecule has 28 heavy (non-hydrogen) atoms. The average molecular weight is 436 g/mol. The van der Waals surface area contributed by atoms with Crippen LogP contribution in [0.2, 0.25) is 0 Å². The molecule has 5 N–H and O–H groups in total. The first-order valence-corrected chi connectivity index (χ1v) is 9.71. The van der Waals surface area contributed by atoms with Crippen LogP contribution < -0.4 is 11.1 Å². The number of carboxylic acids is 1. The number of nitrogen functional groups attached to an aromatic ring is 1. The largest absolute Gasteiger partial charge is 0.479 e. The predicted molar refractivity (Wildman–Crippen MR) is 93.8 cm³/mol. The lowest BCUT2D eigenvalue weighted by atomic mass is 9.63. The Bertz CT molecular complexity index is 938. The number of nitrogens with zero attached hydrogens (tertiary/aromatic N) is 2. The fourth-order valence-corrected chi connectivity index (χ4v) is 3.58. The number of aliphatic carboxylic acids is 1. The van der Waals surface area contributed by atoms with E-state index in [-0.39, 0.29) is 10.8 Å². The van der Waals surface area contributed by atoms with Gasteiger partial charge in [0.25, 0.3) is 5.91 Å². The number of ketones is 1. The van der Waals surface area contributed by atoms with Crippen molar-refractivity contribution in [2.24, 2.45) is 10.6 Å². The Balaban J connectivity index is 2.19. The summed E-state index contributed by atoms with van der Waals surface area (Å²) in [6.45, 7) is 2.05. The maximum Gasteiger partial charge on any atom is 0.398 e. The number of anilines is 1. The van der Waals surface area contributed by atoms with Crippen LogP contribution in [0.3, 0.4) is 0 Å². The van der Waals surface area contributed by atoms with Gasteiger partial charge >= 0.3 is 16.4 Å². The summed E-state index contributed by atoms with van der Waals surface area (Å²) in [5, 5.41) is 15.9. The molecule has 0 aromatic carbocycles. The van der Waals surface area contributed by atoms with Gasteiger partial charge in [-0.1, -0.05) is 19.0 Å². The number of hydrogen-bond acceptors (Lipinski definition) is 11. The van der Waals surface area contributed by atoms with Gasteiger partial charge in [0.05, 0.1) is 6.04 Å². The fourth-order valence-electron chi connectivity index (χ4n) is 2.44. The molecule has 0 bridgehead atoms. The number of carbonyl (C=O) groups is 3. The standard InChI is InChI=1S/C13H16N4O9S2/c1-13(2)9(8(20)10(13)26-28(22,23)24)16-11(21)7(17-25-3-6(18)19)5-4-27-12(14)15-5/h4,9-10H,3H2,1-2H3,(H2,14,15)(H,16,21)(H,18,19)(H,22,23,24)/b17-7+/t9-,10?/m1/s1. The molecule has 1 aliphatic carbocycles. The molecular weight excluding hydrogens is 420 g/mol. The van der Waals surface area contributed by atoms with E-state index in [1.165, 1.54) is 19.2 Å². The highest BCUT2D eigenvalue weighted by molar-refractivity contribution is 7.80. The van der Waals surface area contributed by atoms with Gasteiger partial charge < -0.3 is 21.0 Å². The van der Waals surface area contributed by atoms with Gasteiger partial charge in [0.2, 0.25) is 6.61 Å². The summed E-state index contributed by atoms with van der Waals surface area (Å²) >= 11 is 0.988. The van der Waals surface area contributed by atoms with Crippen molar-refractivity contribution in [3.63, 3.8) is 0 Å². The molecule has 0 aliphatic heterocycles. The monoisotopic (exact) mass is 436 g/mol. The van der Waals surface area contributed by atoms with Crippen LogP contribution in [0.4, 0.5) is 5.13 Å². The second-order valence-corrected chi connectivity index (χ2v) is 8.15. The van der Waals surface area contributed by atoms with Gasteiger partial charge in [-0.2, -0.15) is 8.42 Å². The van der Waals surface area contributed by atoms with E-state index in [4.69, 9.17) is 15.4 Å². The lowest BCUT2D eigenvalue weighted by molar-refractivity contribution is -0.156. The van der Waals surface area contributed by atoms with E-state index in [2.05, 4.69) is 24.5 Å². The van der Waals surface area contributed by atoms with Crippen LogP contribution in [0.25, 0.3) is 0 Å². The summed E-state index contributed by atoms with van der Waals surface area (Å²) in [5.41, 5.74) is 3.88. The van der Waals surface area contributed by atoms with E-state index in [0.29, 0.717) is 0 Å². The number of carboxylic acid groups (broad SMARTS) is 1. The van der Waals surface area contributed by atoms with Gasteiger partial charge in [0, 0.05) is 10.8 Å². The number of Topliss-reactive ketones (excluding diaryl/α,β-unsaturated/α-hetero) is 1. The second kappa shape index (κ2) is 7.78. The van der Waals surface area contributed by atoms with Crippen LogP contribution in [0.1, 0.15) is 19.5 Å². The number of nitrogens with two attached hydrogens (primary N) is 1. The Morgan fingerprint density at radius 3 is 2.57 bits per heavy atom. The van der Waals surface area contributed by atoms with Gasteiger partial charge in [-0.3, -0.25) is 14.1 Å². The van der Waals surface area contributed by atoms with Crippen molar-refractivity contribution < 1.29 is 41.5 Å². The van der Waals surface area contributed by atoms with E-state index in [1.54, 1.807) is 0 Å². The number of oxime groups is 1. The number of carbonyl (C=O) groups excluding carboxylic acids is 2. The van der Waals surface area contributed by atoms with E-state index >= 15 is 0 Å². The van der Waals surface area contributed by atoms with Gasteiger partial charge in [0.1, 0.15) is 11.8 Å². The van der Waals surface area contributed by atoms with Gasteiger partial charge in [0.15, 0.2) is 16.6 Å². The molecule has 1 saturated carbocycles. The second-order valence-electron chi connectivity index (χ2n) is 6.21. The molecule has 15 heteroatoms. The van der Waals surface area contributed by atoms with E-state index < -0.39 is 57.9 Å². The Morgan fingerprint density at radius 1 is 1.46 bits per heavy atom. The minimum Gasteiger partial charge on any atom is -0.479 e. The molecule has 0 saturated heterocycles. The molecular formula is C13H16N4O9S2. The summed E-state index contributed by atoms with van der Waals surface area (Å²) in [6.07, 6.45) is -1.49. The molecule has 154 valence electrons. The number of nitrogens with one attached hydrogen (secondary N) is 1. The molecule has 1 aliphatic rings. The van der Waals surface area contributed by atoms with E-state index in [1.807, 2.05) is 0 Å². The number of hydrogen-bond donors (Lipinski definition) is 4. The highest BCUT2D eigenvalue weighted by Gasteiger charge is 2.59. The number of thiazole rings is 1. The van der Waals surface area contributed by atoms with E-state index in [9.17, 15) is 22.8 Å². The Kier molecular flexibility index (Phi) is 6.03. The summed E-state index contributed by atoms with van der Waals surface area (Å²) in [5.74, 6) is -3.06. The molecule has 1 amide bonds. The highest BCUT2D eigenvalue weighted by Crippen LogP contribution is 2.40. The third kappa shape index (κ3) is 4.80. The lowest BCUT2D eigenvalue weighted by Crippen LogP contribution is -2.70. The molecule has 1 aromatic heterocycles. The van der Waals surface area contributed by atoms with E-state index in [0.717, 1.165) is 11.3 Å². The summed E-state index contributed by atoms with van der Waals surface area (Å²) < 4.78 is 34.8. The zero-order valence-electron chi connectivity index (χ0n) is 14.5. The smallest absolute Gasteiger partial charge is 0.398 e. The minimum atomic E-state index is -4.87. The maximum atomic E-state index is 12.6. The van der Waals surface area contributed by atoms with Gasteiger partial charge in [-0.15, -0.1) is 11.3 Å². The SMILES string of the molecule is CC1(C)C(OS(=O)(=O)O)C(=O)[C@H]1NC(=O)/C(=N/OCC(=O)O)c1csc(N)n1. The summed E-state index contributed by atoms with van der Waals surface area (Å²) in [6, 6.07) is -1.17. The molecule has 1 aromatic rings. The van der Waals surface area contributed by atoms with Crippen molar-refractivity contribution >= 4 is 50.2 Å². The fraction of sp³-hybridized carbons (Fsp3) is 0.462. The van der Waals surface area contributed by atoms with Crippen molar-refractivity contribution in [1.82, 2.24) is 10.3 Å². The first-order chi connectivity index (χ1) is 12.8. The third-order valence-electron chi connectivity index (χ3n) is 3.78. The van der Waals surface area contributed by atoms with Crippen molar-refractivity contribution in [1.29, 1.82) is 0 Å². The summed E-state index contributed by atoms with van der Waals surface area (Å²) in [7, 11) is -4.87.